The number of hydrogen-bond acceptors (Lipinski definition) is 1. The first kappa shape index (κ1) is 18.0. The van der Waals surface area contributed by atoms with E-state index in [1.54, 1.807) is 0 Å². The molecule has 0 spiro atoms. The fraction of sp³-hybridized carbons (Fsp3) is 0.929. The van der Waals surface area contributed by atoms with E-state index in [-0.39, 0.29) is 17.2 Å². The number of rotatable bonds is 12. The number of halogens is 2. The number of unbranched alkanes of at least 4 members (excludes halogenated alkanes) is 5. The van der Waals surface area contributed by atoms with E-state index in [2.05, 4.69) is 6.92 Å². The lowest BCUT2D eigenvalue weighted by molar-refractivity contribution is -0.137. The first-order chi connectivity index (χ1) is 8.57. The number of carboxylic acids is 1. The molecular formula is C14H26Cl2O2. The molecule has 0 aliphatic rings. The molecule has 4 heteroatoms. The van der Waals surface area contributed by atoms with Crippen LogP contribution >= 0.6 is 23.2 Å². The largest absolute Gasteiger partial charge is 0.481 e. The number of carboxylic acid groups (broad SMARTS) is 1. The fourth-order valence-corrected chi connectivity index (χ4v) is 2.49. The van der Waals surface area contributed by atoms with Crippen LogP contribution in [0.3, 0.4) is 0 Å². The Kier molecular flexibility index (Phi) is 12.1. The summed E-state index contributed by atoms with van der Waals surface area (Å²) in [6, 6.07) is 0. The van der Waals surface area contributed by atoms with Crippen LogP contribution in [0.15, 0.2) is 0 Å². The quantitative estimate of drug-likeness (QED) is 0.397. The smallest absolute Gasteiger partial charge is 0.303 e. The van der Waals surface area contributed by atoms with E-state index in [0.717, 1.165) is 12.8 Å². The molecule has 0 saturated carbocycles. The van der Waals surface area contributed by atoms with Crippen molar-refractivity contribution in [2.24, 2.45) is 0 Å². The number of hydrogen-bond donors (Lipinski definition) is 1. The van der Waals surface area contributed by atoms with Crippen LogP contribution in [0.25, 0.3) is 0 Å². The minimum Gasteiger partial charge on any atom is -0.481 e. The summed E-state index contributed by atoms with van der Waals surface area (Å²) in [7, 11) is 0. The van der Waals surface area contributed by atoms with Crippen LogP contribution < -0.4 is 0 Å². The maximum absolute atomic E-state index is 10.4. The van der Waals surface area contributed by atoms with Gasteiger partial charge >= 0.3 is 5.97 Å². The number of aliphatic carboxylic acids is 1. The zero-order chi connectivity index (χ0) is 13.8. The average molecular weight is 297 g/mol. The number of alkyl halides is 2. The maximum atomic E-state index is 10.4. The van der Waals surface area contributed by atoms with Gasteiger partial charge in [0.05, 0.1) is 0 Å². The highest BCUT2D eigenvalue weighted by atomic mass is 35.5. The standard InChI is InChI=1S/C14H26Cl2O2/c1-2-3-4-5-6-7-9-12(15)13(16)10-8-11-14(17)18/h12-13H,2-11H2,1H3,(H,17,18). The average Bonchev–Trinajstić information content (AvgIpc) is 2.32. The minimum absolute atomic E-state index is 0.0216. The molecule has 0 saturated heterocycles. The van der Waals surface area contributed by atoms with Gasteiger partial charge in [-0.15, -0.1) is 23.2 Å². The van der Waals surface area contributed by atoms with E-state index in [1.807, 2.05) is 0 Å². The molecule has 0 fully saturated rings. The molecule has 0 aliphatic carbocycles. The Morgan fingerprint density at radius 3 is 2.00 bits per heavy atom. The van der Waals surface area contributed by atoms with Crippen molar-refractivity contribution in [3.63, 3.8) is 0 Å². The van der Waals surface area contributed by atoms with Crippen molar-refractivity contribution in [2.75, 3.05) is 0 Å². The van der Waals surface area contributed by atoms with E-state index in [1.165, 1.54) is 32.1 Å². The predicted molar refractivity (Wildman–Crippen MR) is 78.8 cm³/mol. The molecule has 18 heavy (non-hydrogen) atoms. The van der Waals surface area contributed by atoms with Gasteiger partial charge in [0.25, 0.3) is 0 Å². The second-order valence-electron chi connectivity index (χ2n) is 4.87. The molecule has 0 aliphatic heterocycles. The Labute approximate surface area is 121 Å². The Balaban J connectivity index is 3.43. The van der Waals surface area contributed by atoms with Gasteiger partial charge in [-0.3, -0.25) is 4.79 Å². The van der Waals surface area contributed by atoms with Crippen molar-refractivity contribution in [3.8, 4) is 0 Å². The molecule has 2 atom stereocenters. The van der Waals surface area contributed by atoms with Gasteiger partial charge in [-0.05, 0) is 19.3 Å². The zero-order valence-corrected chi connectivity index (χ0v) is 12.8. The summed E-state index contributed by atoms with van der Waals surface area (Å²) < 4.78 is 0. The first-order valence-electron chi connectivity index (χ1n) is 7.07. The number of carbonyl (C=O) groups is 1. The van der Waals surface area contributed by atoms with Crippen molar-refractivity contribution < 1.29 is 9.90 Å². The van der Waals surface area contributed by atoms with Gasteiger partial charge in [0, 0.05) is 17.2 Å². The molecule has 0 radical (unpaired) electrons. The van der Waals surface area contributed by atoms with Crippen molar-refractivity contribution >= 4 is 29.2 Å². The third kappa shape index (κ3) is 11.2. The molecule has 0 aromatic heterocycles. The zero-order valence-electron chi connectivity index (χ0n) is 11.3. The molecular weight excluding hydrogens is 271 g/mol. The highest BCUT2D eigenvalue weighted by molar-refractivity contribution is 6.29. The summed E-state index contributed by atoms with van der Waals surface area (Å²) in [4.78, 5) is 10.4. The summed E-state index contributed by atoms with van der Waals surface area (Å²) in [6.45, 7) is 2.21. The molecule has 0 amide bonds. The molecule has 1 N–H and O–H groups in total. The molecule has 0 bridgehead atoms. The van der Waals surface area contributed by atoms with Crippen LogP contribution in [-0.2, 0) is 4.79 Å². The van der Waals surface area contributed by atoms with Crippen LogP contribution in [0.1, 0.15) is 71.1 Å². The van der Waals surface area contributed by atoms with E-state index in [0.29, 0.717) is 12.8 Å². The summed E-state index contributed by atoms with van der Waals surface area (Å²) in [5, 5.41) is 8.42. The van der Waals surface area contributed by atoms with Gasteiger partial charge in [-0.1, -0.05) is 45.4 Å². The minimum atomic E-state index is -0.763. The summed E-state index contributed by atoms with van der Waals surface area (Å²) in [6.07, 6.45) is 9.96. The van der Waals surface area contributed by atoms with Gasteiger partial charge in [0.2, 0.25) is 0 Å². The van der Waals surface area contributed by atoms with Gasteiger partial charge in [0.1, 0.15) is 0 Å². The van der Waals surface area contributed by atoms with Crippen molar-refractivity contribution in [2.45, 2.75) is 81.9 Å². The molecule has 2 unspecified atom stereocenters. The van der Waals surface area contributed by atoms with E-state index in [4.69, 9.17) is 28.3 Å². The Morgan fingerprint density at radius 1 is 0.944 bits per heavy atom. The molecule has 0 aromatic carbocycles. The second kappa shape index (κ2) is 12.1. The lowest BCUT2D eigenvalue weighted by atomic mass is 10.0. The van der Waals surface area contributed by atoms with Crippen molar-refractivity contribution in [1.29, 1.82) is 0 Å². The molecule has 0 heterocycles. The van der Waals surface area contributed by atoms with Gasteiger partial charge < -0.3 is 5.11 Å². The van der Waals surface area contributed by atoms with E-state index in [9.17, 15) is 4.79 Å². The van der Waals surface area contributed by atoms with Gasteiger partial charge in [0.15, 0.2) is 0 Å². The summed E-state index contributed by atoms with van der Waals surface area (Å²) in [5.41, 5.74) is 0. The highest BCUT2D eigenvalue weighted by Gasteiger charge is 2.16. The van der Waals surface area contributed by atoms with Crippen LogP contribution in [-0.4, -0.2) is 21.8 Å². The first-order valence-corrected chi connectivity index (χ1v) is 7.95. The van der Waals surface area contributed by atoms with Crippen molar-refractivity contribution in [1.82, 2.24) is 0 Å². The lowest BCUT2D eigenvalue weighted by Gasteiger charge is -2.15. The van der Waals surface area contributed by atoms with Crippen LogP contribution in [0, 0.1) is 0 Å². The molecule has 108 valence electrons. The van der Waals surface area contributed by atoms with Gasteiger partial charge in [-0.25, -0.2) is 0 Å². The Morgan fingerprint density at radius 2 is 1.44 bits per heavy atom. The normalized spacial score (nSPS) is 14.4. The SMILES string of the molecule is CCCCCCCCC(Cl)C(Cl)CCCC(=O)O. The van der Waals surface area contributed by atoms with Crippen molar-refractivity contribution in [3.05, 3.63) is 0 Å². The topological polar surface area (TPSA) is 37.3 Å². The Bertz CT molecular complexity index is 210. The van der Waals surface area contributed by atoms with Crippen LogP contribution in [0.5, 0.6) is 0 Å². The molecule has 0 rings (SSSR count). The Hall–Kier alpha value is 0.0500. The third-order valence-electron chi connectivity index (χ3n) is 3.10. The van der Waals surface area contributed by atoms with E-state index < -0.39 is 5.97 Å². The molecule has 2 nitrogen and oxygen atoms in total. The predicted octanol–water partition coefficient (Wildman–Crippen LogP) is 5.21. The molecule has 0 aromatic rings. The fourth-order valence-electron chi connectivity index (χ4n) is 1.93. The summed E-state index contributed by atoms with van der Waals surface area (Å²) >= 11 is 12.4. The maximum Gasteiger partial charge on any atom is 0.303 e. The third-order valence-corrected chi connectivity index (χ3v) is 4.27. The van der Waals surface area contributed by atoms with Crippen LogP contribution in [0.4, 0.5) is 0 Å². The second-order valence-corrected chi connectivity index (χ2v) is 6.00. The van der Waals surface area contributed by atoms with E-state index >= 15 is 0 Å². The van der Waals surface area contributed by atoms with Crippen LogP contribution in [0.2, 0.25) is 0 Å². The van der Waals surface area contributed by atoms with Gasteiger partial charge in [-0.2, -0.15) is 0 Å². The highest BCUT2D eigenvalue weighted by Crippen LogP contribution is 2.22. The summed E-state index contributed by atoms with van der Waals surface area (Å²) in [5.74, 6) is -0.763. The monoisotopic (exact) mass is 296 g/mol. The lowest BCUT2D eigenvalue weighted by Crippen LogP contribution is -2.15.